The Kier molecular flexibility index (Phi) is 6.18. The first kappa shape index (κ1) is 24.1. The molecule has 1 aromatic heterocycles. The van der Waals surface area contributed by atoms with Crippen molar-refractivity contribution in [3.05, 3.63) is 113 Å². The largest absolute Gasteiger partial charge is 0.497 e. The number of aryl methyl sites for hydroxylation is 1. The second kappa shape index (κ2) is 9.47. The summed E-state index contributed by atoms with van der Waals surface area (Å²) in [5, 5.41) is 7.89. The van der Waals surface area contributed by atoms with Gasteiger partial charge < -0.3 is 9.64 Å². The Hall–Kier alpha value is -4.57. The van der Waals surface area contributed by atoms with Crippen molar-refractivity contribution in [1.82, 2.24) is 14.4 Å². The molecule has 0 aliphatic heterocycles. The highest BCUT2D eigenvalue weighted by atomic mass is 32.2. The molecule has 9 nitrogen and oxygen atoms in total. The van der Waals surface area contributed by atoms with Crippen molar-refractivity contribution in [2.45, 2.75) is 18.4 Å². The molecule has 0 saturated heterocycles. The summed E-state index contributed by atoms with van der Waals surface area (Å²) in [6, 6.07) is 20.0. The number of nitrogens with zero attached hydrogens (tertiary/aromatic N) is 4. The lowest BCUT2D eigenvalue weighted by molar-refractivity contribution is 0.0981. The fourth-order valence-electron chi connectivity index (χ4n) is 4.03. The predicted octanol–water partition coefficient (Wildman–Crippen LogP) is 3.80. The van der Waals surface area contributed by atoms with E-state index in [9.17, 15) is 18.0 Å². The van der Waals surface area contributed by atoms with E-state index in [1.54, 1.807) is 72.7 Å². The van der Waals surface area contributed by atoms with Gasteiger partial charge in [0.1, 0.15) is 11.4 Å². The molecular weight excluding hydrogens is 492 g/mol. The molecule has 1 aliphatic rings. The number of ketones is 2. The van der Waals surface area contributed by atoms with Crippen LogP contribution in [0.15, 0.2) is 95.7 Å². The number of rotatable bonds is 7. The maximum atomic E-state index is 13.4. The van der Waals surface area contributed by atoms with E-state index in [0.717, 1.165) is 9.65 Å². The van der Waals surface area contributed by atoms with Crippen molar-refractivity contribution in [2.75, 3.05) is 12.0 Å². The van der Waals surface area contributed by atoms with Crippen LogP contribution in [0.25, 0.3) is 0 Å². The number of methoxy groups -OCH3 is 1. The predicted molar refractivity (Wildman–Crippen MR) is 136 cm³/mol. The monoisotopic (exact) mass is 514 g/mol. The Labute approximate surface area is 213 Å². The van der Waals surface area contributed by atoms with Crippen molar-refractivity contribution in [3.63, 3.8) is 0 Å². The number of fused-ring (bicyclic) bond motifs is 1. The van der Waals surface area contributed by atoms with Gasteiger partial charge in [0, 0.05) is 22.9 Å². The maximum Gasteiger partial charge on any atom is 0.284 e. The Bertz CT molecular complexity index is 1640. The van der Waals surface area contributed by atoms with Gasteiger partial charge in [0.25, 0.3) is 10.0 Å². The van der Waals surface area contributed by atoms with Gasteiger partial charge in [-0.3, -0.25) is 9.59 Å². The molecule has 0 fully saturated rings. The minimum absolute atomic E-state index is 0.0111. The lowest BCUT2D eigenvalue weighted by Crippen LogP contribution is -2.31. The van der Waals surface area contributed by atoms with Gasteiger partial charge in [0.05, 0.1) is 30.4 Å². The number of carbonyl (C=O) groups is 2. The Morgan fingerprint density at radius 1 is 0.919 bits per heavy atom. The normalized spacial score (nSPS) is 13.2. The molecule has 0 radical (unpaired) electrons. The molecule has 3 aromatic carbocycles. The topological polar surface area (TPSA) is 111 Å². The Balaban J connectivity index is 1.53. The molecule has 0 atom stereocenters. The van der Waals surface area contributed by atoms with Crippen LogP contribution < -0.4 is 9.64 Å². The molecule has 5 rings (SSSR count). The molecule has 186 valence electrons. The van der Waals surface area contributed by atoms with Gasteiger partial charge in [-0.05, 0) is 43.3 Å². The molecule has 0 spiro atoms. The first-order chi connectivity index (χ1) is 17.8. The summed E-state index contributed by atoms with van der Waals surface area (Å²) in [6.07, 6.45) is 2.59. The lowest BCUT2D eigenvalue weighted by atomic mass is 9.92. The van der Waals surface area contributed by atoms with Crippen LogP contribution in [0.3, 0.4) is 0 Å². The van der Waals surface area contributed by atoms with Crippen LogP contribution in [-0.2, 0) is 16.6 Å². The standard InChI is InChI=1S/C27H22N4O5S/c1-18-7-13-22(14-8-18)37(34,35)31-17-19(28-29-31)16-30(20-9-11-21(36-2)12-10-20)25-15-26(32)23-5-3-4-6-24(23)27(25)33/h3-15,17H,16H2,1-2H3. The molecule has 0 bridgehead atoms. The van der Waals surface area contributed by atoms with Crippen molar-refractivity contribution in [3.8, 4) is 5.75 Å². The third-order valence-corrected chi connectivity index (χ3v) is 7.56. The molecule has 0 N–H and O–H groups in total. The Morgan fingerprint density at radius 3 is 2.27 bits per heavy atom. The number of benzene rings is 3. The van der Waals surface area contributed by atoms with Crippen LogP contribution in [-0.4, -0.2) is 41.5 Å². The highest BCUT2D eigenvalue weighted by molar-refractivity contribution is 7.89. The second-order valence-corrected chi connectivity index (χ2v) is 10.2. The van der Waals surface area contributed by atoms with Crippen LogP contribution in [0.4, 0.5) is 5.69 Å². The van der Waals surface area contributed by atoms with E-state index >= 15 is 0 Å². The van der Waals surface area contributed by atoms with E-state index in [1.165, 1.54) is 24.4 Å². The van der Waals surface area contributed by atoms with E-state index in [2.05, 4.69) is 10.3 Å². The summed E-state index contributed by atoms with van der Waals surface area (Å²) in [6.45, 7) is 1.85. The number of hydrogen-bond donors (Lipinski definition) is 0. The minimum atomic E-state index is -3.96. The number of hydrogen-bond acceptors (Lipinski definition) is 8. The summed E-state index contributed by atoms with van der Waals surface area (Å²) < 4.78 is 32.1. The van der Waals surface area contributed by atoms with Gasteiger partial charge in [-0.1, -0.05) is 47.2 Å². The summed E-state index contributed by atoms with van der Waals surface area (Å²) >= 11 is 0. The summed E-state index contributed by atoms with van der Waals surface area (Å²) in [7, 11) is -2.41. The average Bonchev–Trinajstić information content (AvgIpc) is 3.40. The highest BCUT2D eigenvalue weighted by Crippen LogP contribution is 2.30. The summed E-state index contributed by atoms with van der Waals surface area (Å²) in [4.78, 5) is 28.0. The van der Waals surface area contributed by atoms with Gasteiger partial charge in [0.2, 0.25) is 5.78 Å². The SMILES string of the molecule is COc1ccc(N(Cc2cn(S(=O)(=O)c3ccc(C)cc3)nn2)C2=CC(=O)c3ccccc3C2=O)cc1. The molecule has 1 heterocycles. The van der Waals surface area contributed by atoms with Gasteiger partial charge in [-0.2, -0.15) is 8.42 Å². The number of carbonyl (C=O) groups excluding carboxylic acids is 2. The summed E-state index contributed by atoms with van der Waals surface area (Å²) in [5.41, 5.74) is 2.57. The molecule has 4 aromatic rings. The zero-order chi connectivity index (χ0) is 26.2. The van der Waals surface area contributed by atoms with Gasteiger partial charge in [-0.15, -0.1) is 9.19 Å². The minimum Gasteiger partial charge on any atom is -0.497 e. The number of aromatic nitrogens is 3. The first-order valence-electron chi connectivity index (χ1n) is 11.3. The molecule has 0 amide bonds. The van der Waals surface area contributed by atoms with Crippen LogP contribution >= 0.6 is 0 Å². The highest BCUT2D eigenvalue weighted by Gasteiger charge is 2.30. The van der Waals surface area contributed by atoms with Crippen molar-refractivity contribution >= 4 is 27.3 Å². The third-order valence-electron chi connectivity index (χ3n) is 6.02. The van der Waals surface area contributed by atoms with Crippen LogP contribution in [0.5, 0.6) is 5.75 Å². The van der Waals surface area contributed by atoms with Crippen molar-refractivity contribution < 1.29 is 22.7 Å². The third kappa shape index (κ3) is 4.54. The lowest BCUT2D eigenvalue weighted by Gasteiger charge is -2.28. The van der Waals surface area contributed by atoms with E-state index in [-0.39, 0.29) is 34.4 Å². The number of Topliss-reactive ketones (excluding diaryl/α,β-unsaturated/α-hetero) is 1. The number of anilines is 1. The fraction of sp³-hybridized carbons (Fsp3) is 0.111. The van der Waals surface area contributed by atoms with Crippen LogP contribution in [0.1, 0.15) is 32.0 Å². The Morgan fingerprint density at radius 2 is 1.59 bits per heavy atom. The molecule has 0 saturated carbocycles. The zero-order valence-electron chi connectivity index (χ0n) is 20.0. The number of allylic oxidation sites excluding steroid dienone is 2. The van der Waals surface area contributed by atoms with E-state index in [1.807, 2.05) is 6.92 Å². The van der Waals surface area contributed by atoms with E-state index in [4.69, 9.17) is 4.74 Å². The second-order valence-electron chi connectivity index (χ2n) is 8.45. The molecule has 10 heteroatoms. The molecule has 37 heavy (non-hydrogen) atoms. The van der Waals surface area contributed by atoms with Crippen LogP contribution in [0, 0.1) is 6.92 Å². The summed E-state index contributed by atoms with van der Waals surface area (Å²) in [5.74, 6) is -0.00999. The quantitative estimate of drug-likeness (QED) is 0.366. The molecular formula is C27H22N4O5S. The smallest absolute Gasteiger partial charge is 0.284 e. The zero-order valence-corrected chi connectivity index (χ0v) is 20.8. The molecule has 1 aliphatic carbocycles. The maximum absolute atomic E-state index is 13.4. The van der Waals surface area contributed by atoms with Crippen molar-refractivity contribution in [2.24, 2.45) is 0 Å². The van der Waals surface area contributed by atoms with Crippen molar-refractivity contribution in [1.29, 1.82) is 0 Å². The average molecular weight is 515 g/mol. The van der Waals surface area contributed by atoms with Gasteiger partial charge in [-0.25, -0.2) is 0 Å². The van der Waals surface area contributed by atoms with E-state index in [0.29, 0.717) is 22.6 Å². The van der Waals surface area contributed by atoms with Crippen LogP contribution in [0.2, 0.25) is 0 Å². The first-order valence-corrected chi connectivity index (χ1v) is 12.8. The van der Waals surface area contributed by atoms with E-state index < -0.39 is 10.0 Å². The van der Waals surface area contributed by atoms with Gasteiger partial charge in [0.15, 0.2) is 5.78 Å². The van der Waals surface area contributed by atoms with Gasteiger partial charge >= 0.3 is 0 Å². The number of ether oxygens (including phenoxy) is 1. The fourth-order valence-corrected chi connectivity index (χ4v) is 5.12. The molecule has 0 unspecified atom stereocenters.